The Balaban J connectivity index is 1.41. The van der Waals surface area contributed by atoms with Crippen molar-refractivity contribution in [2.45, 2.75) is 82.2 Å². The lowest BCUT2D eigenvalue weighted by molar-refractivity contribution is -0.122. The van der Waals surface area contributed by atoms with E-state index >= 15 is 0 Å². The number of nitrogens with zero attached hydrogens (tertiary/aromatic N) is 3. The molecule has 1 aromatic carbocycles. The molecule has 1 aromatic rings. The summed E-state index contributed by atoms with van der Waals surface area (Å²) in [5, 5.41) is 3.16. The van der Waals surface area contributed by atoms with Gasteiger partial charge in [-0.25, -0.2) is 12.7 Å². The molecule has 1 saturated heterocycles. The summed E-state index contributed by atoms with van der Waals surface area (Å²) in [6.45, 7) is 7.27. The maximum atomic E-state index is 13.2. The molecule has 0 unspecified atom stereocenters. The summed E-state index contributed by atoms with van der Waals surface area (Å²) in [5.74, 6) is 1.42. The van der Waals surface area contributed by atoms with Crippen molar-refractivity contribution in [2.75, 3.05) is 54.4 Å². The third-order valence-corrected chi connectivity index (χ3v) is 10.4. The van der Waals surface area contributed by atoms with Crippen LogP contribution in [0.2, 0.25) is 0 Å². The molecule has 1 N–H and O–H groups in total. The summed E-state index contributed by atoms with van der Waals surface area (Å²) in [5.41, 5.74) is 1.28. The second kappa shape index (κ2) is 13.4. The molecule has 9 heteroatoms. The second-order valence-corrected chi connectivity index (χ2v) is 13.3. The Bertz CT molecular complexity index is 974. The molecule has 0 aromatic heterocycles. The highest BCUT2D eigenvalue weighted by molar-refractivity contribution is 7.89. The third-order valence-electron chi connectivity index (χ3n) is 8.20. The molecule has 0 atom stereocenters. The van der Waals surface area contributed by atoms with Gasteiger partial charge in [0.2, 0.25) is 15.9 Å². The molecule has 3 rings (SSSR count). The Labute approximate surface area is 224 Å². The number of carbonyl (C=O) groups excluding carboxylic acids is 1. The molecule has 1 aliphatic carbocycles. The van der Waals surface area contributed by atoms with Crippen LogP contribution in [-0.2, 0) is 14.8 Å². The van der Waals surface area contributed by atoms with Crippen molar-refractivity contribution in [1.29, 1.82) is 0 Å². The van der Waals surface area contributed by atoms with Crippen molar-refractivity contribution in [3.05, 3.63) is 23.3 Å². The van der Waals surface area contributed by atoms with E-state index in [9.17, 15) is 13.2 Å². The number of rotatable bonds is 11. The average Bonchev–Trinajstić information content (AvgIpc) is 2.86. The first kappa shape index (κ1) is 29.9. The van der Waals surface area contributed by atoms with E-state index in [0.717, 1.165) is 31.6 Å². The monoisotopic (exact) mass is 536 g/mol. The minimum Gasteiger partial charge on any atom is -0.497 e. The topological polar surface area (TPSA) is 82.2 Å². The number of hydrogen-bond acceptors (Lipinski definition) is 6. The SMILES string of the molecule is COc1cc(C)c(S(=O)(=O)N(C)CCC(=O)N[C@H]2CC[C@@H](N3CCC(CCN(C)C)CC3)CC2)c(C)c1. The smallest absolute Gasteiger partial charge is 0.243 e. The van der Waals surface area contributed by atoms with E-state index in [1.54, 1.807) is 40.1 Å². The number of sulfonamides is 1. The Morgan fingerprint density at radius 2 is 1.59 bits per heavy atom. The predicted octanol–water partition coefficient (Wildman–Crippen LogP) is 3.41. The maximum Gasteiger partial charge on any atom is 0.243 e. The van der Waals surface area contributed by atoms with Crippen molar-refractivity contribution in [1.82, 2.24) is 19.4 Å². The standard InChI is InChI=1S/C28H48N4O4S/c1-21-19-26(36-6)20-22(2)28(21)37(34,35)31(5)16-14-27(33)29-24-7-9-25(10-8-24)32-17-12-23(13-18-32)11-15-30(3)4/h19-20,23-25H,7-18H2,1-6H3,(H,29,33)/t24-,25+. The van der Waals surface area contributed by atoms with Crippen LogP contribution in [0.3, 0.4) is 0 Å². The van der Waals surface area contributed by atoms with E-state index < -0.39 is 10.0 Å². The number of methoxy groups -OCH3 is 1. The molecule has 1 amide bonds. The molecule has 210 valence electrons. The zero-order valence-corrected chi connectivity index (χ0v) is 24.6. The number of piperidine rings is 1. The number of amides is 1. The lowest BCUT2D eigenvalue weighted by atomic mass is 9.87. The lowest BCUT2D eigenvalue weighted by Gasteiger charge is -2.41. The maximum absolute atomic E-state index is 13.2. The van der Waals surface area contributed by atoms with Gasteiger partial charge in [0.25, 0.3) is 0 Å². The fourth-order valence-electron chi connectivity index (χ4n) is 5.90. The van der Waals surface area contributed by atoms with Crippen molar-refractivity contribution < 1.29 is 17.9 Å². The summed E-state index contributed by atoms with van der Waals surface area (Å²) in [4.78, 5) is 17.9. The van der Waals surface area contributed by atoms with Gasteiger partial charge in [-0.2, -0.15) is 0 Å². The van der Waals surface area contributed by atoms with Gasteiger partial charge in [0.15, 0.2) is 0 Å². The summed E-state index contributed by atoms with van der Waals surface area (Å²) in [6, 6.07) is 4.28. The first-order valence-electron chi connectivity index (χ1n) is 13.8. The highest BCUT2D eigenvalue weighted by atomic mass is 32.2. The van der Waals surface area contributed by atoms with Crippen molar-refractivity contribution in [3.63, 3.8) is 0 Å². The Kier molecular flexibility index (Phi) is 10.8. The Morgan fingerprint density at radius 3 is 2.14 bits per heavy atom. The van der Waals surface area contributed by atoms with E-state index in [2.05, 4.69) is 29.2 Å². The van der Waals surface area contributed by atoms with Crippen LogP contribution in [0.1, 0.15) is 62.5 Å². The Morgan fingerprint density at radius 1 is 1.00 bits per heavy atom. The van der Waals surface area contributed by atoms with E-state index in [4.69, 9.17) is 4.74 Å². The van der Waals surface area contributed by atoms with Gasteiger partial charge in [0.1, 0.15) is 5.75 Å². The van der Waals surface area contributed by atoms with Gasteiger partial charge in [-0.05, 0) is 122 Å². The van der Waals surface area contributed by atoms with E-state index in [-0.39, 0.29) is 29.8 Å². The fourth-order valence-corrected chi connectivity index (χ4v) is 7.48. The summed E-state index contributed by atoms with van der Waals surface area (Å²) >= 11 is 0. The lowest BCUT2D eigenvalue weighted by Crippen LogP contribution is -2.47. The van der Waals surface area contributed by atoms with Gasteiger partial charge in [-0.15, -0.1) is 0 Å². The van der Waals surface area contributed by atoms with Crippen LogP contribution in [-0.4, -0.2) is 94.9 Å². The van der Waals surface area contributed by atoms with Gasteiger partial charge in [0, 0.05) is 32.1 Å². The minimum absolute atomic E-state index is 0.0737. The second-order valence-electron chi connectivity index (χ2n) is 11.3. The molecule has 8 nitrogen and oxygen atoms in total. The van der Waals surface area contributed by atoms with Gasteiger partial charge in [-0.1, -0.05) is 0 Å². The molecular weight excluding hydrogens is 488 g/mol. The molecule has 1 heterocycles. The van der Waals surface area contributed by atoms with Crippen molar-refractivity contribution >= 4 is 15.9 Å². The Hall–Kier alpha value is -1.68. The number of hydrogen-bond donors (Lipinski definition) is 1. The van der Waals surface area contributed by atoms with Crippen molar-refractivity contribution in [3.8, 4) is 5.75 Å². The molecule has 0 spiro atoms. The molecule has 1 aliphatic heterocycles. The van der Waals surface area contributed by atoms with Gasteiger partial charge in [-0.3, -0.25) is 4.79 Å². The van der Waals surface area contributed by atoms with Crippen LogP contribution >= 0.6 is 0 Å². The summed E-state index contributed by atoms with van der Waals surface area (Å²) in [6.07, 6.45) is 8.30. The quantitative estimate of drug-likeness (QED) is 0.467. The number of benzene rings is 1. The predicted molar refractivity (Wildman–Crippen MR) is 149 cm³/mol. The molecule has 1 saturated carbocycles. The summed E-state index contributed by atoms with van der Waals surface area (Å²) in [7, 11) is 3.71. The number of nitrogens with one attached hydrogen (secondary N) is 1. The molecule has 0 radical (unpaired) electrons. The van der Waals surface area contributed by atoms with Gasteiger partial charge < -0.3 is 19.9 Å². The van der Waals surface area contributed by atoms with Crippen molar-refractivity contribution in [2.24, 2.45) is 5.92 Å². The number of aryl methyl sites for hydroxylation is 2. The highest BCUT2D eigenvalue weighted by Crippen LogP contribution is 2.29. The van der Waals surface area contributed by atoms with E-state index in [1.807, 2.05) is 0 Å². The molecule has 37 heavy (non-hydrogen) atoms. The zero-order chi connectivity index (χ0) is 27.2. The number of likely N-dealkylation sites (tertiary alicyclic amines) is 1. The van der Waals surface area contributed by atoms with Gasteiger partial charge in [0.05, 0.1) is 12.0 Å². The van der Waals surface area contributed by atoms with Gasteiger partial charge >= 0.3 is 0 Å². The van der Waals surface area contributed by atoms with Crippen LogP contribution in [0.4, 0.5) is 0 Å². The van der Waals surface area contributed by atoms with Crippen LogP contribution in [0.15, 0.2) is 17.0 Å². The molecule has 2 aliphatic rings. The first-order chi connectivity index (χ1) is 17.5. The van der Waals surface area contributed by atoms with Crippen LogP contribution < -0.4 is 10.1 Å². The zero-order valence-electron chi connectivity index (χ0n) is 23.8. The third kappa shape index (κ3) is 8.15. The van der Waals surface area contributed by atoms with Crippen LogP contribution in [0.5, 0.6) is 5.75 Å². The van der Waals surface area contributed by atoms with E-state index in [1.165, 1.54) is 43.2 Å². The average molecular weight is 537 g/mol. The van der Waals surface area contributed by atoms with Crippen LogP contribution in [0, 0.1) is 19.8 Å². The van der Waals surface area contributed by atoms with Crippen LogP contribution in [0.25, 0.3) is 0 Å². The molecule has 0 bridgehead atoms. The summed E-state index contributed by atoms with van der Waals surface area (Å²) < 4.78 is 32.9. The molecule has 2 fully saturated rings. The first-order valence-corrected chi connectivity index (χ1v) is 15.2. The number of carbonyl (C=O) groups is 1. The van der Waals surface area contributed by atoms with E-state index in [0.29, 0.717) is 22.9 Å². The largest absolute Gasteiger partial charge is 0.497 e. The normalized spacial score (nSPS) is 21.9. The highest BCUT2D eigenvalue weighted by Gasteiger charge is 2.30. The fraction of sp³-hybridized carbons (Fsp3) is 0.750. The molecular formula is C28H48N4O4S. The number of ether oxygens (including phenoxy) is 1. The minimum atomic E-state index is -3.70.